The van der Waals surface area contributed by atoms with E-state index in [0.29, 0.717) is 0 Å². The molecule has 2 aliphatic rings. The molecule has 0 radical (unpaired) electrons. The van der Waals surface area contributed by atoms with E-state index in [1.807, 2.05) is 0 Å². The van der Waals surface area contributed by atoms with Crippen LogP contribution in [0.3, 0.4) is 0 Å². The Bertz CT molecular complexity index is 761. The van der Waals surface area contributed by atoms with E-state index in [-0.39, 0.29) is 43.0 Å². The molecule has 2 heterocycles. The van der Waals surface area contributed by atoms with Crippen molar-refractivity contribution in [1.82, 2.24) is 1.33 Å². The molecule has 0 spiro atoms. The maximum absolute atomic E-state index is 2.77. The Morgan fingerprint density at radius 2 is 1.44 bits per heavy atom. The first-order chi connectivity index (χ1) is 8.90. The third kappa shape index (κ3) is 1.25. The first kappa shape index (κ1) is 10.4. The van der Waals surface area contributed by atoms with Gasteiger partial charge >= 0.3 is 128 Å². The first-order valence-electron chi connectivity index (χ1n) is 5.95. The van der Waals surface area contributed by atoms with Crippen molar-refractivity contribution in [3.63, 3.8) is 0 Å². The number of halogens is 2. The summed E-state index contributed by atoms with van der Waals surface area (Å²) in [6.45, 7) is 1.22. The molecule has 3 aromatic carbocycles. The van der Waals surface area contributed by atoms with Gasteiger partial charge in [-0.25, -0.2) is 0 Å². The molecule has 0 atom stereocenters. The van der Waals surface area contributed by atoms with Crippen LogP contribution in [0.25, 0.3) is 21.5 Å². The van der Waals surface area contributed by atoms with Crippen molar-refractivity contribution in [3.05, 3.63) is 55.2 Å². The number of hydrogen-bond donors (Lipinski definition) is 0. The van der Waals surface area contributed by atoms with E-state index in [0.717, 1.165) is 0 Å². The van der Waals surface area contributed by atoms with Gasteiger partial charge in [-0.2, -0.15) is 0 Å². The van der Waals surface area contributed by atoms with E-state index in [1.54, 1.807) is 23.5 Å². The number of rotatable bonds is 0. The molecule has 0 fully saturated rings. The fourth-order valence-corrected chi connectivity index (χ4v) is 10.9. The maximum atomic E-state index is 2.77. The number of fused-ring (bicyclic) bond motifs is 1. The van der Waals surface area contributed by atoms with Gasteiger partial charge in [-0.3, -0.25) is 0 Å². The minimum absolute atomic E-state index is 0.0809. The molecular weight excluding hydrogens is 448 g/mol. The molecule has 0 saturated heterocycles. The fraction of sp³-hybridized carbons (Fsp3) is 0.0667. The molecule has 3 heteroatoms. The Balaban J connectivity index is 2.15. The minimum atomic E-state index is 0.0809. The molecule has 0 unspecified atom stereocenters. The Labute approximate surface area is 126 Å². The summed E-state index contributed by atoms with van der Waals surface area (Å²) < 4.78 is 6.06. The van der Waals surface area contributed by atoms with Crippen LogP contribution in [0.15, 0.2) is 42.5 Å². The summed E-state index contributed by atoms with van der Waals surface area (Å²) in [6, 6.07) is 16.1. The van der Waals surface area contributed by atoms with E-state index in [2.05, 4.69) is 43.8 Å². The number of nitrogens with zero attached hydrogens (tertiary/aromatic N) is 1. The monoisotopic (exact) mass is 457 g/mol. The Kier molecular flexibility index (Phi) is 2.07. The Morgan fingerprint density at radius 3 is 2.06 bits per heavy atom. The summed E-state index contributed by atoms with van der Waals surface area (Å²) in [4.78, 5) is 0. The second-order valence-electron chi connectivity index (χ2n) is 4.66. The third-order valence-electron chi connectivity index (χ3n) is 3.65. The average molecular weight is 457 g/mol. The van der Waals surface area contributed by atoms with Crippen molar-refractivity contribution in [1.29, 1.82) is 0 Å². The molecular formula is C15H9I2N-2. The van der Waals surface area contributed by atoms with E-state index in [4.69, 9.17) is 0 Å². The molecule has 0 N–H and O–H groups in total. The standard InChI is InChI=1S/C15H9I2N/c1-3-9-7-10-4-2-6-13-15(10)11-8-18(17-13)16-12(5-1)14(9)11/h1-7H,8H2/q-2. The fourth-order valence-electron chi connectivity index (χ4n) is 2.94. The average Bonchev–Trinajstić information content (AvgIpc) is 2.38. The zero-order valence-corrected chi connectivity index (χ0v) is 13.8. The van der Waals surface area contributed by atoms with Crippen LogP contribution < -0.4 is 43.0 Å². The van der Waals surface area contributed by atoms with Crippen LogP contribution in [-0.4, -0.2) is 1.33 Å². The normalized spacial score (nSPS) is 18.0. The summed E-state index contributed by atoms with van der Waals surface area (Å²) in [5, 5.41) is 6.08. The van der Waals surface area contributed by atoms with Crippen LogP contribution in [0.5, 0.6) is 0 Å². The second kappa shape index (κ2) is 3.58. The summed E-state index contributed by atoms with van der Waals surface area (Å²) in [6.07, 6.45) is 0. The van der Waals surface area contributed by atoms with Gasteiger partial charge in [0.2, 0.25) is 0 Å². The molecule has 18 heavy (non-hydrogen) atoms. The summed E-state index contributed by atoms with van der Waals surface area (Å²) >= 11 is 0.162. The molecule has 2 bridgehead atoms. The van der Waals surface area contributed by atoms with Crippen LogP contribution in [0, 0.1) is 7.14 Å². The van der Waals surface area contributed by atoms with E-state index < -0.39 is 0 Å². The summed E-state index contributed by atoms with van der Waals surface area (Å²) in [5.41, 5.74) is 1.62. The van der Waals surface area contributed by atoms with Gasteiger partial charge in [0.05, 0.1) is 0 Å². The van der Waals surface area contributed by atoms with Gasteiger partial charge in [0, 0.05) is 0 Å². The molecule has 0 saturated carbocycles. The quantitative estimate of drug-likeness (QED) is 0.200. The molecule has 0 aliphatic carbocycles. The van der Waals surface area contributed by atoms with Crippen LogP contribution in [0.1, 0.15) is 5.56 Å². The topological polar surface area (TPSA) is 3.24 Å². The predicted molar refractivity (Wildman–Crippen MR) is 64.4 cm³/mol. The molecule has 90 valence electrons. The van der Waals surface area contributed by atoms with Gasteiger partial charge < -0.3 is 0 Å². The first-order valence-corrected chi connectivity index (χ1v) is 10.0. The zero-order chi connectivity index (χ0) is 11.7. The zero-order valence-electron chi connectivity index (χ0n) is 9.45. The summed E-state index contributed by atoms with van der Waals surface area (Å²) in [5.74, 6) is 0. The van der Waals surface area contributed by atoms with Crippen LogP contribution in [0.4, 0.5) is 0 Å². The SMILES string of the molecule is c1cc2c3c4c5c(cccc5cc3c1)[I-]N(C4)[I-]2. The van der Waals surface area contributed by atoms with Crippen molar-refractivity contribution in [3.8, 4) is 0 Å². The van der Waals surface area contributed by atoms with Crippen LogP contribution in [0.2, 0.25) is 0 Å². The molecule has 0 aromatic heterocycles. The van der Waals surface area contributed by atoms with Gasteiger partial charge in [0.25, 0.3) is 0 Å². The number of benzene rings is 3. The molecule has 5 rings (SSSR count). The van der Waals surface area contributed by atoms with Crippen molar-refractivity contribution >= 4 is 21.5 Å². The van der Waals surface area contributed by atoms with E-state index in [9.17, 15) is 0 Å². The van der Waals surface area contributed by atoms with Crippen molar-refractivity contribution in [2.75, 3.05) is 0 Å². The van der Waals surface area contributed by atoms with Crippen LogP contribution in [-0.2, 0) is 6.54 Å². The van der Waals surface area contributed by atoms with Gasteiger partial charge in [-0.05, 0) is 0 Å². The van der Waals surface area contributed by atoms with Gasteiger partial charge in [-0.15, -0.1) is 0 Å². The van der Waals surface area contributed by atoms with Gasteiger partial charge in [0.15, 0.2) is 0 Å². The summed E-state index contributed by atoms with van der Waals surface area (Å²) in [7, 11) is 0. The van der Waals surface area contributed by atoms with E-state index >= 15 is 0 Å². The third-order valence-corrected chi connectivity index (χ3v) is 10.7. The molecule has 0 amide bonds. The van der Waals surface area contributed by atoms with Gasteiger partial charge in [-0.1, -0.05) is 0 Å². The van der Waals surface area contributed by atoms with Gasteiger partial charge in [0.1, 0.15) is 0 Å². The van der Waals surface area contributed by atoms with Crippen LogP contribution >= 0.6 is 0 Å². The van der Waals surface area contributed by atoms with E-state index in [1.165, 1.54) is 17.3 Å². The van der Waals surface area contributed by atoms with Crippen molar-refractivity contribution < 1.29 is 43.0 Å². The van der Waals surface area contributed by atoms with Crippen molar-refractivity contribution in [2.24, 2.45) is 0 Å². The number of hydrogen-bond acceptors (Lipinski definition) is 1. The molecule has 1 nitrogen and oxygen atoms in total. The molecule has 3 aromatic rings. The Hall–Kier alpha value is -0.400. The molecule has 2 aliphatic heterocycles. The predicted octanol–water partition coefficient (Wildman–Crippen LogP) is -2.83. The second-order valence-corrected chi connectivity index (χ2v) is 12.1. The Morgan fingerprint density at radius 1 is 0.833 bits per heavy atom. The van der Waals surface area contributed by atoms with Crippen molar-refractivity contribution in [2.45, 2.75) is 6.54 Å².